The Kier molecular flexibility index (Phi) is 8.63. The first-order valence-electron chi connectivity index (χ1n) is 9.78. The van der Waals surface area contributed by atoms with Crippen molar-refractivity contribution in [1.82, 2.24) is 5.32 Å². The van der Waals surface area contributed by atoms with Gasteiger partial charge >= 0.3 is 0 Å². The summed E-state index contributed by atoms with van der Waals surface area (Å²) in [5.41, 5.74) is 4.44. The average molecular weight is 422 g/mol. The summed E-state index contributed by atoms with van der Waals surface area (Å²) < 4.78 is 0. The minimum Gasteiger partial charge on any atom is -0.364 e. The van der Waals surface area contributed by atoms with Crippen molar-refractivity contribution in [2.75, 3.05) is 5.32 Å². The first-order chi connectivity index (χ1) is 14.3. The van der Waals surface area contributed by atoms with Crippen LogP contribution in [0.15, 0.2) is 84.2 Å². The molecule has 1 atom stereocenters. The number of carbonyl (C=O) groups is 1. The number of nitrogens with one attached hydrogen (secondary N) is 2. The van der Waals surface area contributed by atoms with Crippen LogP contribution in [0.5, 0.6) is 0 Å². The summed E-state index contributed by atoms with van der Waals surface area (Å²) in [6, 6.07) is 13.6. The third-order valence-corrected chi connectivity index (χ3v) is 4.73. The van der Waals surface area contributed by atoms with Gasteiger partial charge in [0.2, 0.25) is 0 Å². The summed E-state index contributed by atoms with van der Waals surface area (Å²) in [5.74, 6) is 0.541. The minimum absolute atomic E-state index is 0.0367. The molecule has 2 aromatic carbocycles. The van der Waals surface area contributed by atoms with Gasteiger partial charge in [0.15, 0.2) is 0 Å². The molecular formula is C25H28ClN3O. The quantitative estimate of drug-likeness (QED) is 0.380. The molecule has 5 heteroatoms. The Bertz CT molecular complexity index is 1010. The van der Waals surface area contributed by atoms with Crippen LogP contribution < -0.4 is 10.6 Å². The van der Waals surface area contributed by atoms with Gasteiger partial charge < -0.3 is 10.6 Å². The van der Waals surface area contributed by atoms with E-state index in [0.29, 0.717) is 16.6 Å². The van der Waals surface area contributed by atoms with Gasteiger partial charge in [-0.1, -0.05) is 60.2 Å². The Morgan fingerprint density at radius 3 is 2.67 bits per heavy atom. The second-order valence-corrected chi connectivity index (χ2v) is 7.35. The SMILES string of the molecule is C=C/C=C/C(Cl)=N\C(=C/C)N[C@@H](C)c1cccc(NC(=O)c2cc(C)ccc2C)c1. The maximum atomic E-state index is 12.7. The van der Waals surface area contributed by atoms with Crippen molar-refractivity contribution in [3.8, 4) is 0 Å². The van der Waals surface area contributed by atoms with E-state index in [4.69, 9.17) is 11.6 Å². The first-order valence-corrected chi connectivity index (χ1v) is 10.2. The van der Waals surface area contributed by atoms with Crippen molar-refractivity contribution in [2.24, 2.45) is 4.99 Å². The molecule has 0 aliphatic rings. The van der Waals surface area contributed by atoms with Crippen LogP contribution in [-0.2, 0) is 0 Å². The van der Waals surface area contributed by atoms with E-state index in [-0.39, 0.29) is 11.9 Å². The predicted molar refractivity (Wildman–Crippen MR) is 128 cm³/mol. The van der Waals surface area contributed by atoms with Gasteiger partial charge in [0.1, 0.15) is 11.0 Å². The van der Waals surface area contributed by atoms with Crippen LogP contribution in [0.4, 0.5) is 5.69 Å². The molecule has 2 rings (SSSR count). The standard InChI is InChI=1S/C25H28ClN3O/c1-6-8-12-23(26)29-24(7-2)27-19(5)20-10-9-11-21(16-20)28-25(30)22-15-17(3)13-14-18(22)4/h6-16,19,27H,1H2,2-5H3,(H,28,30)/b12-8+,24-7-,29-23+/t19-/m0/s1. The zero-order valence-corrected chi connectivity index (χ0v) is 18.6. The smallest absolute Gasteiger partial charge is 0.255 e. The highest BCUT2D eigenvalue weighted by atomic mass is 35.5. The summed E-state index contributed by atoms with van der Waals surface area (Å²) in [4.78, 5) is 17.1. The predicted octanol–water partition coefficient (Wildman–Crippen LogP) is 6.45. The molecular weight excluding hydrogens is 394 g/mol. The Balaban J connectivity index is 2.14. The van der Waals surface area contributed by atoms with Crippen LogP contribution in [-0.4, -0.2) is 11.1 Å². The molecule has 0 bridgehead atoms. The number of rotatable bonds is 8. The molecule has 0 radical (unpaired) electrons. The number of hydrogen-bond donors (Lipinski definition) is 2. The van der Waals surface area contributed by atoms with Gasteiger partial charge in [-0.25, -0.2) is 4.99 Å². The number of nitrogens with zero attached hydrogens (tertiary/aromatic N) is 1. The van der Waals surface area contributed by atoms with Gasteiger partial charge in [-0.3, -0.25) is 4.79 Å². The van der Waals surface area contributed by atoms with Crippen LogP contribution in [0.3, 0.4) is 0 Å². The molecule has 0 aliphatic carbocycles. The van der Waals surface area contributed by atoms with Gasteiger partial charge in [0.25, 0.3) is 5.91 Å². The summed E-state index contributed by atoms with van der Waals surface area (Å²) in [5, 5.41) is 6.69. The van der Waals surface area contributed by atoms with E-state index in [1.807, 2.05) is 76.2 Å². The molecule has 0 spiro atoms. The van der Waals surface area contributed by atoms with Crippen molar-refractivity contribution < 1.29 is 4.79 Å². The summed E-state index contributed by atoms with van der Waals surface area (Å²) in [6.45, 7) is 11.4. The van der Waals surface area contributed by atoms with Crippen molar-refractivity contribution in [3.05, 3.63) is 101 Å². The third-order valence-electron chi connectivity index (χ3n) is 4.52. The number of benzene rings is 2. The fourth-order valence-electron chi connectivity index (χ4n) is 2.85. The van der Waals surface area contributed by atoms with E-state index in [2.05, 4.69) is 22.2 Å². The number of halogens is 1. The molecule has 0 saturated carbocycles. The number of carbonyl (C=O) groups excluding carboxylic acids is 1. The topological polar surface area (TPSA) is 53.5 Å². The molecule has 0 aliphatic heterocycles. The summed E-state index contributed by atoms with van der Waals surface area (Å²) >= 11 is 6.11. The van der Waals surface area contributed by atoms with Gasteiger partial charge in [-0.15, -0.1) is 0 Å². The van der Waals surface area contributed by atoms with Crippen molar-refractivity contribution in [3.63, 3.8) is 0 Å². The molecule has 2 N–H and O–H groups in total. The van der Waals surface area contributed by atoms with Crippen molar-refractivity contribution in [2.45, 2.75) is 33.7 Å². The van der Waals surface area contributed by atoms with Crippen molar-refractivity contribution >= 4 is 28.4 Å². The monoisotopic (exact) mass is 421 g/mol. The Morgan fingerprint density at radius 2 is 1.97 bits per heavy atom. The van der Waals surface area contributed by atoms with Crippen LogP contribution in [0.1, 0.15) is 46.9 Å². The van der Waals surface area contributed by atoms with Crippen LogP contribution in [0.2, 0.25) is 0 Å². The number of allylic oxidation sites excluding steroid dienone is 4. The van der Waals surface area contributed by atoms with Crippen LogP contribution in [0, 0.1) is 13.8 Å². The molecule has 156 valence electrons. The number of aliphatic imine (C=N–C) groups is 1. The summed E-state index contributed by atoms with van der Waals surface area (Å²) in [6.07, 6.45) is 6.90. The van der Waals surface area contributed by atoms with E-state index in [0.717, 1.165) is 22.4 Å². The third kappa shape index (κ3) is 6.75. The lowest BCUT2D eigenvalue weighted by Gasteiger charge is -2.17. The Labute approximate surface area is 184 Å². The maximum absolute atomic E-state index is 12.7. The molecule has 0 aromatic heterocycles. The Hall–Kier alpha value is -3.11. The normalized spacial score (nSPS) is 13.2. The fraction of sp³-hybridized carbons (Fsp3) is 0.200. The molecule has 4 nitrogen and oxygen atoms in total. The van der Waals surface area contributed by atoms with Crippen LogP contribution >= 0.6 is 11.6 Å². The van der Waals surface area contributed by atoms with E-state index < -0.39 is 0 Å². The second kappa shape index (κ2) is 11.2. The molecule has 0 saturated heterocycles. The first kappa shape index (κ1) is 23.2. The van der Waals surface area contributed by atoms with Crippen LogP contribution in [0.25, 0.3) is 0 Å². The van der Waals surface area contributed by atoms with E-state index in [9.17, 15) is 4.79 Å². The molecule has 0 unspecified atom stereocenters. The van der Waals surface area contributed by atoms with E-state index in [1.165, 1.54) is 0 Å². The zero-order valence-electron chi connectivity index (χ0n) is 17.9. The number of amides is 1. The lowest BCUT2D eigenvalue weighted by atomic mass is 10.0. The number of aryl methyl sites for hydroxylation is 2. The summed E-state index contributed by atoms with van der Waals surface area (Å²) in [7, 11) is 0. The molecule has 0 heterocycles. The largest absolute Gasteiger partial charge is 0.364 e. The van der Waals surface area contributed by atoms with Gasteiger partial charge in [0, 0.05) is 11.3 Å². The second-order valence-electron chi connectivity index (χ2n) is 6.97. The molecule has 0 fully saturated rings. The minimum atomic E-state index is -0.117. The van der Waals surface area contributed by atoms with E-state index >= 15 is 0 Å². The lowest BCUT2D eigenvalue weighted by Crippen LogP contribution is -2.18. The molecule has 30 heavy (non-hydrogen) atoms. The van der Waals surface area contributed by atoms with Gasteiger partial charge in [-0.2, -0.15) is 0 Å². The zero-order chi connectivity index (χ0) is 22.1. The highest BCUT2D eigenvalue weighted by Crippen LogP contribution is 2.20. The van der Waals surface area contributed by atoms with Crippen molar-refractivity contribution in [1.29, 1.82) is 0 Å². The average Bonchev–Trinajstić information content (AvgIpc) is 2.73. The number of anilines is 1. The maximum Gasteiger partial charge on any atom is 0.255 e. The highest BCUT2D eigenvalue weighted by Gasteiger charge is 2.12. The fourth-order valence-corrected chi connectivity index (χ4v) is 3.01. The van der Waals surface area contributed by atoms with Gasteiger partial charge in [0.05, 0.1) is 6.04 Å². The number of hydrogen-bond acceptors (Lipinski definition) is 3. The molecule has 1 amide bonds. The lowest BCUT2D eigenvalue weighted by molar-refractivity contribution is 0.102. The van der Waals surface area contributed by atoms with E-state index in [1.54, 1.807) is 18.2 Å². The van der Waals surface area contributed by atoms with Gasteiger partial charge in [-0.05, 0) is 69.2 Å². The highest BCUT2D eigenvalue weighted by molar-refractivity contribution is 6.68. The Morgan fingerprint density at radius 1 is 1.20 bits per heavy atom. The molecule has 2 aromatic rings.